The minimum absolute atomic E-state index is 0.0555. The van der Waals surface area contributed by atoms with Gasteiger partial charge in [0.2, 0.25) is 0 Å². The SMILES string of the molecule is CCCCCC1CC[C@]2([C](F)F)[C@H](CC=CCCCC(=O)O)[C@@H](O)C[C@H]2OCCO1. The van der Waals surface area contributed by atoms with Gasteiger partial charge in [0.15, 0.2) is 0 Å². The molecule has 2 rings (SSSR count). The maximum absolute atomic E-state index is 14.5. The van der Waals surface area contributed by atoms with Crippen LogP contribution in [-0.2, 0) is 14.3 Å². The van der Waals surface area contributed by atoms with E-state index in [9.17, 15) is 18.7 Å². The summed E-state index contributed by atoms with van der Waals surface area (Å²) in [4.78, 5) is 10.6. The maximum atomic E-state index is 14.5. The molecule has 5 nitrogen and oxygen atoms in total. The molecule has 0 amide bonds. The number of carboxylic acid groups (broad SMARTS) is 1. The molecule has 0 aromatic heterocycles. The first-order valence-electron chi connectivity index (χ1n) is 11.4. The number of allylic oxidation sites excluding steroid dienone is 2. The van der Waals surface area contributed by atoms with E-state index in [4.69, 9.17) is 14.6 Å². The van der Waals surface area contributed by atoms with E-state index in [-0.39, 0.29) is 32.0 Å². The summed E-state index contributed by atoms with van der Waals surface area (Å²) in [7, 11) is 0. The van der Waals surface area contributed by atoms with Crippen molar-refractivity contribution < 1.29 is 33.3 Å². The van der Waals surface area contributed by atoms with Crippen LogP contribution in [0.25, 0.3) is 0 Å². The van der Waals surface area contributed by atoms with Gasteiger partial charge in [0, 0.05) is 18.8 Å². The molecule has 1 saturated carbocycles. The Morgan fingerprint density at radius 1 is 1.17 bits per heavy atom. The lowest BCUT2D eigenvalue weighted by Crippen LogP contribution is -2.41. The van der Waals surface area contributed by atoms with E-state index in [1.165, 1.54) is 0 Å². The van der Waals surface area contributed by atoms with Gasteiger partial charge in [-0.1, -0.05) is 38.3 Å². The Morgan fingerprint density at radius 2 is 1.93 bits per heavy atom. The molecule has 173 valence electrons. The molecule has 0 spiro atoms. The summed E-state index contributed by atoms with van der Waals surface area (Å²) in [5.41, 5.74) is -1.46. The number of ether oxygens (including phenoxy) is 2. The van der Waals surface area contributed by atoms with Gasteiger partial charge in [0.25, 0.3) is 0 Å². The van der Waals surface area contributed by atoms with Crippen LogP contribution in [-0.4, -0.2) is 47.7 Å². The number of carboxylic acids is 1. The fourth-order valence-electron chi connectivity index (χ4n) is 4.93. The zero-order valence-electron chi connectivity index (χ0n) is 18.0. The minimum Gasteiger partial charge on any atom is -0.481 e. The Morgan fingerprint density at radius 3 is 2.63 bits per heavy atom. The van der Waals surface area contributed by atoms with Crippen molar-refractivity contribution >= 4 is 5.97 Å². The second-order valence-electron chi connectivity index (χ2n) is 8.59. The number of aliphatic carboxylic acids is 1. The van der Waals surface area contributed by atoms with Crippen LogP contribution >= 0.6 is 0 Å². The van der Waals surface area contributed by atoms with Gasteiger partial charge < -0.3 is 19.7 Å². The lowest BCUT2D eigenvalue weighted by molar-refractivity contribution is -0.137. The molecule has 2 aliphatic rings. The van der Waals surface area contributed by atoms with Crippen molar-refractivity contribution in [3.8, 4) is 0 Å². The first kappa shape index (κ1) is 25.2. The number of aliphatic hydroxyl groups is 1. The zero-order valence-corrected chi connectivity index (χ0v) is 18.0. The van der Waals surface area contributed by atoms with E-state index in [1.807, 2.05) is 12.2 Å². The summed E-state index contributed by atoms with van der Waals surface area (Å²) in [5.74, 6) is -1.46. The summed E-state index contributed by atoms with van der Waals surface area (Å²) >= 11 is 0. The van der Waals surface area contributed by atoms with Crippen LogP contribution in [0, 0.1) is 17.8 Å². The predicted octanol–water partition coefficient (Wildman–Crippen LogP) is 5.13. The first-order chi connectivity index (χ1) is 14.4. The molecule has 1 saturated heterocycles. The summed E-state index contributed by atoms with van der Waals surface area (Å²) in [6.07, 6.45) is 6.94. The van der Waals surface area contributed by atoms with Gasteiger partial charge in [-0.15, -0.1) is 0 Å². The normalized spacial score (nSPS) is 32.7. The third-order valence-corrected chi connectivity index (χ3v) is 6.59. The predicted molar refractivity (Wildman–Crippen MR) is 110 cm³/mol. The molecule has 1 aliphatic carbocycles. The maximum Gasteiger partial charge on any atom is 0.319 e. The first-order valence-corrected chi connectivity index (χ1v) is 11.4. The summed E-state index contributed by atoms with van der Waals surface area (Å²) in [6, 6.07) is 0. The highest BCUT2D eigenvalue weighted by atomic mass is 19.3. The molecule has 1 heterocycles. The highest BCUT2D eigenvalue weighted by Crippen LogP contribution is 2.57. The number of carbonyl (C=O) groups is 1. The molecular weight excluding hydrogens is 394 g/mol. The summed E-state index contributed by atoms with van der Waals surface area (Å²) in [6.45, 7) is 2.78. The standard InChI is InChI=1S/C23H37F2O5/c1-2-3-6-9-17-12-13-23(22(24)25)18(10-7-4-5-8-11-21(27)28)19(26)16-20(23)30-15-14-29-17/h4,7,17-20,26H,2-3,5-6,8-16H2,1H3,(H,27,28)/t17?,18-,19+,20-,23+/m1/s1. The third-order valence-electron chi connectivity index (χ3n) is 6.59. The topological polar surface area (TPSA) is 76.0 Å². The molecule has 1 radical (unpaired) electrons. The molecule has 7 heteroatoms. The smallest absolute Gasteiger partial charge is 0.319 e. The Bertz CT molecular complexity index is 540. The number of halogens is 2. The van der Waals surface area contributed by atoms with E-state index >= 15 is 0 Å². The van der Waals surface area contributed by atoms with Gasteiger partial charge >= 0.3 is 12.4 Å². The molecule has 30 heavy (non-hydrogen) atoms. The highest BCUT2D eigenvalue weighted by Gasteiger charge is 2.61. The average Bonchev–Trinajstić information content (AvgIpc) is 3.00. The molecule has 1 aliphatic heterocycles. The highest BCUT2D eigenvalue weighted by molar-refractivity contribution is 5.66. The van der Waals surface area contributed by atoms with Gasteiger partial charge in [0.05, 0.1) is 36.9 Å². The van der Waals surface area contributed by atoms with Crippen molar-refractivity contribution in [3.63, 3.8) is 0 Å². The molecule has 1 unspecified atom stereocenters. The summed E-state index contributed by atoms with van der Waals surface area (Å²) < 4.78 is 40.7. The number of fused-ring (bicyclic) bond motifs is 1. The second kappa shape index (κ2) is 12.7. The largest absolute Gasteiger partial charge is 0.481 e. The Kier molecular flexibility index (Phi) is 10.7. The van der Waals surface area contributed by atoms with Crippen LogP contribution in [0.15, 0.2) is 12.2 Å². The van der Waals surface area contributed by atoms with Crippen LogP contribution < -0.4 is 0 Å². The van der Waals surface area contributed by atoms with E-state index in [1.54, 1.807) is 0 Å². The molecule has 0 aromatic carbocycles. The van der Waals surface area contributed by atoms with Crippen molar-refractivity contribution in [1.29, 1.82) is 0 Å². The zero-order chi connectivity index (χ0) is 22.0. The Hall–Kier alpha value is -1.05. The van der Waals surface area contributed by atoms with Crippen LogP contribution in [0.4, 0.5) is 8.78 Å². The molecule has 2 N–H and O–H groups in total. The number of unbranched alkanes of at least 4 members (excludes halogenated alkanes) is 3. The van der Waals surface area contributed by atoms with Gasteiger partial charge in [-0.25, -0.2) is 0 Å². The van der Waals surface area contributed by atoms with Gasteiger partial charge in [-0.3, -0.25) is 4.79 Å². The fraction of sp³-hybridized carbons (Fsp3) is 0.826. The molecule has 2 fully saturated rings. The van der Waals surface area contributed by atoms with Crippen LogP contribution in [0.3, 0.4) is 0 Å². The van der Waals surface area contributed by atoms with Crippen molar-refractivity contribution in [2.45, 2.75) is 95.9 Å². The van der Waals surface area contributed by atoms with E-state index < -0.39 is 35.9 Å². The number of hydrogen-bond donors (Lipinski definition) is 2. The lowest BCUT2D eigenvalue weighted by Gasteiger charge is -2.38. The molecule has 0 bridgehead atoms. The van der Waals surface area contributed by atoms with Crippen LogP contribution in [0.5, 0.6) is 0 Å². The van der Waals surface area contributed by atoms with Crippen molar-refractivity contribution in [2.24, 2.45) is 11.3 Å². The van der Waals surface area contributed by atoms with Crippen molar-refractivity contribution in [3.05, 3.63) is 18.6 Å². The van der Waals surface area contributed by atoms with Crippen LogP contribution in [0.1, 0.15) is 77.6 Å². The third kappa shape index (κ3) is 6.72. The summed E-state index contributed by atoms with van der Waals surface area (Å²) in [5, 5.41) is 19.3. The number of rotatable bonds is 11. The van der Waals surface area contributed by atoms with Crippen molar-refractivity contribution in [2.75, 3.05) is 13.2 Å². The quantitative estimate of drug-likeness (QED) is 0.350. The average molecular weight is 432 g/mol. The van der Waals surface area contributed by atoms with Gasteiger partial charge in [-0.05, 0) is 38.5 Å². The monoisotopic (exact) mass is 431 g/mol. The van der Waals surface area contributed by atoms with E-state index in [0.29, 0.717) is 32.3 Å². The Balaban J connectivity index is 2.08. The molecule has 0 aromatic rings. The van der Waals surface area contributed by atoms with Crippen LogP contribution in [0.2, 0.25) is 0 Å². The van der Waals surface area contributed by atoms with E-state index in [0.717, 1.165) is 25.7 Å². The van der Waals surface area contributed by atoms with Crippen molar-refractivity contribution in [1.82, 2.24) is 0 Å². The fourth-order valence-corrected chi connectivity index (χ4v) is 4.93. The Labute approximate surface area is 178 Å². The number of hydrogen-bond acceptors (Lipinski definition) is 4. The molecule has 5 atom stereocenters. The lowest BCUT2D eigenvalue weighted by atomic mass is 9.70. The number of aliphatic hydroxyl groups excluding tert-OH is 1. The molecular formula is C23H37F2O5. The van der Waals surface area contributed by atoms with Gasteiger partial charge in [-0.2, -0.15) is 8.78 Å². The van der Waals surface area contributed by atoms with Gasteiger partial charge in [0.1, 0.15) is 0 Å². The van der Waals surface area contributed by atoms with E-state index in [2.05, 4.69) is 6.92 Å². The second-order valence-corrected chi connectivity index (χ2v) is 8.59. The minimum atomic E-state index is -1.65.